The van der Waals surface area contributed by atoms with Gasteiger partial charge in [-0.05, 0) is 48.0 Å². The SMILES string of the molecule is CNCC1CCCN1c1ccc(C#N)c(Br)c1F. The van der Waals surface area contributed by atoms with E-state index in [9.17, 15) is 4.39 Å². The first-order valence-electron chi connectivity index (χ1n) is 5.98. The van der Waals surface area contributed by atoms with Crippen molar-refractivity contribution in [1.82, 2.24) is 5.32 Å². The van der Waals surface area contributed by atoms with Gasteiger partial charge in [0.05, 0.1) is 15.7 Å². The lowest BCUT2D eigenvalue weighted by Gasteiger charge is -2.27. The molecule has 2 rings (SSSR count). The van der Waals surface area contributed by atoms with Gasteiger partial charge in [-0.15, -0.1) is 0 Å². The number of nitriles is 1. The van der Waals surface area contributed by atoms with Crippen molar-refractivity contribution in [2.45, 2.75) is 18.9 Å². The highest BCUT2D eigenvalue weighted by atomic mass is 79.9. The Balaban J connectivity index is 2.34. The van der Waals surface area contributed by atoms with Gasteiger partial charge in [-0.1, -0.05) is 0 Å². The minimum absolute atomic E-state index is 0.262. The number of likely N-dealkylation sites (N-methyl/N-ethyl adjacent to an activating group) is 1. The first-order chi connectivity index (χ1) is 8.69. The molecule has 1 aromatic carbocycles. The standard InChI is InChI=1S/C13H15BrFN3/c1-17-8-10-3-2-6-18(10)11-5-4-9(7-16)12(14)13(11)15/h4-5,10,17H,2-3,6,8H2,1H3. The molecule has 0 amide bonds. The van der Waals surface area contributed by atoms with Gasteiger partial charge >= 0.3 is 0 Å². The molecule has 1 aliphatic heterocycles. The summed E-state index contributed by atoms with van der Waals surface area (Å²) in [5, 5.41) is 12.0. The number of nitrogens with one attached hydrogen (secondary N) is 1. The van der Waals surface area contributed by atoms with Crippen molar-refractivity contribution in [1.29, 1.82) is 5.26 Å². The lowest BCUT2D eigenvalue weighted by atomic mass is 10.1. The van der Waals surface area contributed by atoms with Crippen LogP contribution in [0.2, 0.25) is 0 Å². The average molecular weight is 312 g/mol. The van der Waals surface area contributed by atoms with Crippen LogP contribution in [0.3, 0.4) is 0 Å². The maximum absolute atomic E-state index is 14.3. The Morgan fingerprint density at radius 3 is 3.06 bits per heavy atom. The van der Waals surface area contributed by atoms with Gasteiger partial charge in [0.1, 0.15) is 6.07 Å². The van der Waals surface area contributed by atoms with Crippen molar-refractivity contribution in [2.24, 2.45) is 0 Å². The van der Waals surface area contributed by atoms with Crippen LogP contribution in [0.1, 0.15) is 18.4 Å². The zero-order valence-electron chi connectivity index (χ0n) is 10.2. The molecule has 1 aliphatic rings. The molecule has 1 unspecified atom stereocenters. The summed E-state index contributed by atoms with van der Waals surface area (Å²) in [5.74, 6) is -0.336. The van der Waals surface area contributed by atoms with Crippen molar-refractivity contribution < 1.29 is 4.39 Å². The fourth-order valence-corrected chi connectivity index (χ4v) is 2.87. The van der Waals surface area contributed by atoms with Gasteiger partial charge in [-0.25, -0.2) is 4.39 Å². The molecule has 0 saturated carbocycles. The average Bonchev–Trinajstić information content (AvgIpc) is 2.81. The number of halogens is 2. The Bertz CT molecular complexity index is 484. The minimum atomic E-state index is -0.336. The van der Waals surface area contributed by atoms with Crippen molar-refractivity contribution in [3.63, 3.8) is 0 Å². The molecule has 0 aromatic heterocycles. The van der Waals surface area contributed by atoms with Crippen LogP contribution >= 0.6 is 15.9 Å². The Kier molecular flexibility index (Phi) is 4.20. The third kappa shape index (κ3) is 2.36. The summed E-state index contributed by atoms with van der Waals surface area (Å²) in [7, 11) is 1.90. The topological polar surface area (TPSA) is 39.1 Å². The highest BCUT2D eigenvalue weighted by Crippen LogP contribution is 2.33. The van der Waals surface area contributed by atoms with E-state index < -0.39 is 0 Å². The van der Waals surface area contributed by atoms with Crippen LogP contribution in [-0.4, -0.2) is 26.2 Å². The molecule has 0 aliphatic carbocycles. The summed E-state index contributed by atoms with van der Waals surface area (Å²) in [5.41, 5.74) is 0.916. The molecule has 96 valence electrons. The van der Waals surface area contributed by atoms with Crippen molar-refractivity contribution in [3.05, 3.63) is 28.0 Å². The Labute approximate surface area is 115 Å². The number of hydrogen-bond donors (Lipinski definition) is 1. The first-order valence-corrected chi connectivity index (χ1v) is 6.77. The molecular weight excluding hydrogens is 297 g/mol. The van der Waals surface area contributed by atoms with Crippen LogP contribution in [0.25, 0.3) is 0 Å². The molecule has 0 radical (unpaired) electrons. The summed E-state index contributed by atoms with van der Waals surface area (Å²) >= 11 is 3.16. The van der Waals surface area contributed by atoms with E-state index in [-0.39, 0.29) is 10.3 Å². The second kappa shape index (κ2) is 5.68. The predicted molar refractivity (Wildman–Crippen MR) is 73.1 cm³/mol. The molecular formula is C13H15BrFN3. The van der Waals surface area contributed by atoms with Gasteiger partial charge in [0.2, 0.25) is 0 Å². The van der Waals surface area contributed by atoms with Crippen LogP contribution in [0.15, 0.2) is 16.6 Å². The summed E-state index contributed by atoms with van der Waals surface area (Å²) < 4.78 is 14.5. The highest BCUT2D eigenvalue weighted by molar-refractivity contribution is 9.10. The van der Waals surface area contributed by atoms with Crippen LogP contribution in [0.5, 0.6) is 0 Å². The third-order valence-corrected chi connectivity index (χ3v) is 4.08. The van der Waals surface area contributed by atoms with Gasteiger partial charge in [-0.3, -0.25) is 0 Å². The van der Waals surface area contributed by atoms with Crippen molar-refractivity contribution >= 4 is 21.6 Å². The van der Waals surface area contributed by atoms with E-state index in [1.54, 1.807) is 12.1 Å². The number of rotatable bonds is 3. The third-order valence-electron chi connectivity index (χ3n) is 3.31. The fraction of sp³-hybridized carbons (Fsp3) is 0.462. The maximum atomic E-state index is 14.3. The molecule has 5 heteroatoms. The normalized spacial score (nSPS) is 19.0. The van der Waals surface area contributed by atoms with Gasteiger partial charge < -0.3 is 10.2 Å². The Morgan fingerprint density at radius 2 is 2.39 bits per heavy atom. The number of nitrogens with zero attached hydrogens (tertiary/aromatic N) is 2. The van der Waals surface area contributed by atoms with Crippen LogP contribution in [0.4, 0.5) is 10.1 Å². The number of anilines is 1. The smallest absolute Gasteiger partial charge is 0.161 e. The minimum Gasteiger partial charge on any atom is -0.365 e. The molecule has 1 N–H and O–H groups in total. The summed E-state index contributed by atoms with van der Waals surface area (Å²) in [6.07, 6.45) is 2.14. The molecule has 1 saturated heterocycles. The van der Waals surface area contributed by atoms with E-state index in [1.165, 1.54) is 0 Å². The van der Waals surface area contributed by atoms with Crippen LogP contribution in [-0.2, 0) is 0 Å². The Morgan fingerprint density at radius 1 is 1.61 bits per heavy atom. The van der Waals surface area contributed by atoms with E-state index in [1.807, 2.05) is 13.1 Å². The fourth-order valence-electron chi connectivity index (χ4n) is 2.45. The van der Waals surface area contributed by atoms with E-state index >= 15 is 0 Å². The zero-order valence-corrected chi connectivity index (χ0v) is 11.8. The van der Waals surface area contributed by atoms with Gasteiger partial charge in [0.25, 0.3) is 0 Å². The second-order valence-electron chi connectivity index (χ2n) is 4.42. The molecule has 3 nitrogen and oxygen atoms in total. The lowest BCUT2D eigenvalue weighted by Crippen LogP contribution is -2.37. The first kappa shape index (κ1) is 13.3. The molecule has 1 atom stereocenters. The van der Waals surface area contributed by atoms with E-state index in [0.29, 0.717) is 17.3 Å². The molecule has 0 spiro atoms. The quantitative estimate of drug-likeness (QED) is 0.932. The van der Waals surface area contributed by atoms with Crippen molar-refractivity contribution in [2.75, 3.05) is 25.0 Å². The van der Waals surface area contributed by atoms with Gasteiger partial charge in [-0.2, -0.15) is 5.26 Å². The number of benzene rings is 1. The van der Waals surface area contributed by atoms with Gasteiger partial charge in [0.15, 0.2) is 5.82 Å². The van der Waals surface area contributed by atoms with E-state index in [2.05, 4.69) is 26.1 Å². The predicted octanol–water partition coefficient (Wildman–Crippen LogP) is 2.65. The van der Waals surface area contributed by atoms with Gasteiger partial charge in [0, 0.05) is 19.1 Å². The maximum Gasteiger partial charge on any atom is 0.161 e. The molecule has 0 bridgehead atoms. The van der Waals surface area contributed by atoms with Crippen LogP contribution < -0.4 is 10.2 Å². The monoisotopic (exact) mass is 311 g/mol. The molecule has 18 heavy (non-hydrogen) atoms. The molecule has 1 aromatic rings. The summed E-state index contributed by atoms with van der Waals surface area (Å²) in [6.45, 7) is 1.71. The van der Waals surface area contributed by atoms with E-state index in [4.69, 9.17) is 5.26 Å². The highest BCUT2D eigenvalue weighted by Gasteiger charge is 2.27. The largest absolute Gasteiger partial charge is 0.365 e. The number of hydrogen-bond acceptors (Lipinski definition) is 3. The van der Waals surface area contributed by atoms with E-state index in [0.717, 1.165) is 25.9 Å². The Hall–Kier alpha value is -1.12. The second-order valence-corrected chi connectivity index (χ2v) is 5.21. The summed E-state index contributed by atoms with van der Waals surface area (Å²) in [6, 6.07) is 5.66. The molecule has 1 fully saturated rings. The summed E-state index contributed by atoms with van der Waals surface area (Å²) in [4.78, 5) is 2.08. The lowest BCUT2D eigenvalue weighted by molar-refractivity contribution is 0.583. The molecule has 1 heterocycles. The zero-order chi connectivity index (χ0) is 13.1. The van der Waals surface area contributed by atoms with Crippen molar-refractivity contribution in [3.8, 4) is 6.07 Å². The van der Waals surface area contributed by atoms with Crippen LogP contribution in [0, 0.1) is 17.1 Å².